The molecule has 3 rings (SSSR count). The van der Waals surface area contributed by atoms with E-state index < -0.39 is 33.1 Å². The molecule has 0 fully saturated rings. The highest BCUT2D eigenvalue weighted by Crippen LogP contribution is 2.34. The van der Waals surface area contributed by atoms with Gasteiger partial charge in [0.1, 0.15) is 10.6 Å². The van der Waals surface area contributed by atoms with E-state index in [1.807, 2.05) is 0 Å². The van der Waals surface area contributed by atoms with E-state index in [9.17, 15) is 26.4 Å². The van der Waals surface area contributed by atoms with Crippen LogP contribution in [-0.4, -0.2) is 20.6 Å². The third-order valence-electron chi connectivity index (χ3n) is 3.69. The van der Waals surface area contributed by atoms with Crippen LogP contribution < -0.4 is 9.46 Å². The van der Waals surface area contributed by atoms with Crippen molar-refractivity contribution in [1.29, 1.82) is 0 Å². The predicted molar refractivity (Wildman–Crippen MR) is 81.6 cm³/mol. The molecule has 25 heavy (non-hydrogen) atoms. The molecule has 0 radical (unpaired) electrons. The van der Waals surface area contributed by atoms with E-state index in [1.165, 1.54) is 12.1 Å². The molecular formula is C16H12F3NO4S. The Morgan fingerprint density at radius 3 is 2.40 bits per heavy atom. The lowest BCUT2D eigenvalue weighted by Crippen LogP contribution is -2.29. The molecule has 1 N–H and O–H groups in total. The number of fused-ring (bicyclic) bond motifs is 1. The number of carbonyl (C=O) groups excluding carboxylic acids is 1. The Morgan fingerprint density at radius 1 is 1.04 bits per heavy atom. The number of ether oxygens (including phenoxy) is 1. The number of para-hydroxylation sites is 1. The van der Waals surface area contributed by atoms with Gasteiger partial charge in [-0.2, -0.15) is 0 Å². The van der Waals surface area contributed by atoms with E-state index in [-0.39, 0.29) is 12.2 Å². The van der Waals surface area contributed by atoms with Crippen molar-refractivity contribution >= 4 is 15.8 Å². The fourth-order valence-electron chi connectivity index (χ4n) is 2.70. The number of Topliss-reactive ketones (excluding diaryl/α,β-unsaturated/α-hetero) is 1. The molecule has 0 bridgehead atoms. The molecule has 0 spiro atoms. The summed E-state index contributed by atoms with van der Waals surface area (Å²) in [6.45, 7) is 0. The van der Waals surface area contributed by atoms with Gasteiger partial charge in [0, 0.05) is 12.0 Å². The zero-order valence-corrected chi connectivity index (χ0v) is 13.4. The topological polar surface area (TPSA) is 72.5 Å². The SMILES string of the molecule is O=C1C[C@H](NS(=O)(=O)c2ccccc2OC(F)(F)F)c2ccccc21. The van der Waals surface area contributed by atoms with Gasteiger partial charge in [-0.25, -0.2) is 13.1 Å². The second kappa shape index (κ2) is 6.16. The number of halogens is 3. The van der Waals surface area contributed by atoms with Gasteiger partial charge in [0.15, 0.2) is 5.78 Å². The Labute approximate surface area is 141 Å². The Balaban J connectivity index is 1.93. The predicted octanol–water partition coefficient (Wildman–Crippen LogP) is 3.19. The Hall–Kier alpha value is -2.39. The molecule has 0 saturated carbocycles. The summed E-state index contributed by atoms with van der Waals surface area (Å²) < 4.78 is 68.6. The minimum Gasteiger partial charge on any atom is -0.404 e. The van der Waals surface area contributed by atoms with Crippen LogP contribution in [0.25, 0.3) is 0 Å². The van der Waals surface area contributed by atoms with Crippen LogP contribution in [0.15, 0.2) is 53.4 Å². The van der Waals surface area contributed by atoms with Crippen LogP contribution in [-0.2, 0) is 10.0 Å². The quantitative estimate of drug-likeness (QED) is 0.896. The fraction of sp³-hybridized carbons (Fsp3) is 0.188. The summed E-state index contributed by atoms with van der Waals surface area (Å²) in [5, 5.41) is 0. The highest BCUT2D eigenvalue weighted by molar-refractivity contribution is 7.89. The average Bonchev–Trinajstić information content (AvgIpc) is 2.82. The van der Waals surface area contributed by atoms with Gasteiger partial charge < -0.3 is 4.74 Å². The lowest BCUT2D eigenvalue weighted by atomic mass is 10.1. The van der Waals surface area contributed by atoms with Gasteiger partial charge in [0.25, 0.3) is 0 Å². The normalized spacial score (nSPS) is 17.4. The molecule has 0 saturated heterocycles. The van der Waals surface area contributed by atoms with Crippen molar-refractivity contribution in [2.24, 2.45) is 0 Å². The van der Waals surface area contributed by atoms with E-state index in [4.69, 9.17) is 0 Å². The van der Waals surface area contributed by atoms with Crippen molar-refractivity contribution in [3.8, 4) is 5.75 Å². The second-order valence-electron chi connectivity index (χ2n) is 5.38. The first-order valence-corrected chi connectivity index (χ1v) is 8.65. The zero-order chi connectivity index (χ0) is 18.2. The molecule has 0 amide bonds. The van der Waals surface area contributed by atoms with Crippen LogP contribution in [0.4, 0.5) is 13.2 Å². The molecule has 2 aromatic carbocycles. The maximum atomic E-state index is 12.5. The van der Waals surface area contributed by atoms with E-state index in [0.717, 1.165) is 12.1 Å². The molecule has 1 aliphatic carbocycles. The number of benzene rings is 2. The highest BCUT2D eigenvalue weighted by Gasteiger charge is 2.36. The van der Waals surface area contributed by atoms with Crippen LogP contribution >= 0.6 is 0 Å². The number of alkyl halides is 3. The lowest BCUT2D eigenvalue weighted by Gasteiger charge is -2.17. The Bertz CT molecular complexity index is 925. The molecule has 0 unspecified atom stereocenters. The molecule has 1 atom stereocenters. The summed E-state index contributed by atoms with van der Waals surface area (Å²) in [6.07, 6.45) is -5.12. The molecule has 2 aromatic rings. The fourth-order valence-corrected chi connectivity index (χ4v) is 4.04. The molecule has 1 aliphatic rings. The third-order valence-corrected chi connectivity index (χ3v) is 5.20. The standard InChI is InChI=1S/C16H12F3NO4S/c17-16(18,19)24-14-7-3-4-8-15(14)25(22,23)20-12-9-13(21)11-6-2-1-5-10(11)12/h1-8,12,20H,9H2/t12-/m0/s1. The smallest absolute Gasteiger partial charge is 0.404 e. The van der Waals surface area contributed by atoms with Crippen LogP contribution in [0.2, 0.25) is 0 Å². The van der Waals surface area contributed by atoms with Crippen LogP contribution in [0.3, 0.4) is 0 Å². The molecule has 5 nitrogen and oxygen atoms in total. The van der Waals surface area contributed by atoms with Gasteiger partial charge in [-0.15, -0.1) is 13.2 Å². The molecule has 9 heteroatoms. The zero-order valence-electron chi connectivity index (χ0n) is 12.6. The summed E-state index contributed by atoms with van der Waals surface area (Å²) in [5.74, 6) is -1.07. The van der Waals surface area contributed by atoms with Crippen molar-refractivity contribution in [2.45, 2.75) is 23.7 Å². The molecule has 0 aliphatic heterocycles. The van der Waals surface area contributed by atoms with E-state index >= 15 is 0 Å². The number of ketones is 1. The number of rotatable bonds is 4. The van der Waals surface area contributed by atoms with Crippen LogP contribution in [0.5, 0.6) is 5.75 Å². The molecule has 0 heterocycles. The third kappa shape index (κ3) is 3.67. The van der Waals surface area contributed by atoms with Gasteiger partial charge in [-0.3, -0.25) is 4.79 Å². The summed E-state index contributed by atoms with van der Waals surface area (Å²) >= 11 is 0. The molecular weight excluding hydrogens is 359 g/mol. The van der Waals surface area contributed by atoms with Crippen LogP contribution in [0, 0.1) is 0 Å². The first-order valence-electron chi connectivity index (χ1n) is 7.16. The average molecular weight is 371 g/mol. The maximum absolute atomic E-state index is 12.5. The minimum atomic E-state index is -5.03. The van der Waals surface area contributed by atoms with Gasteiger partial charge in [-0.05, 0) is 17.7 Å². The van der Waals surface area contributed by atoms with Crippen molar-refractivity contribution in [2.75, 3.05) is 0 Å². The van der Waals surface area contributed by atoms with E-state index in [0.29, 0.717) is 11.1 Å². The number of carbonyl (C=O) groups is 1. The van der Waals surface area contributed by atoms with Gasteiger partial charge >= 0.3 is 6.36 Å². The summed E-state index contributed by atoms with van der Waals surface area (Å²) in [5.41, 5.74) is 0.889. The summed E-state index contributed by atoms with van der Waals surface area (Å²) in [7, 11) is -4.34. The maximum Gasteiger partial charge on any atom is 0.573 e. The van der Waals surface area contributed by atoms with Crippen molar-refractivity contribution in [3.63, 3.8) is 0 Å². The van der Waals surface area contributed by atoms with Crippen molar-refractivity contribution in [3.05, 3.63) is 59.7 Å². The second-order valence-corrected chi connectivity index (χ2v) is 7.07. The first kappa shape index (κ1) is 17.4. The minimum absolute atomic E-state index is 0.0964. The lowest BCUT2D eigenvalue weighted by molar-refractivity contribution is -0.275. The first-order chi connectivity index (χ1) is 11.7. The van der Waals surface area contributed by atoms with Crippen LogP contribution in [0.1, 0.15) is 28.4 Å². The number of hydrogen-bond donors (Lipinski definition) is 1. The van der Waals surface area contributed by atoms with Gasteiger partial charge in [0.05, 0.1) is 6.04 Å². The van der Waals surface area contributed by atoms with Gasteiger partial charge in [0.2, 0.25) is 10.0 Å². The number of nitrogens with one attached hydrogen (secondary N) is 1. The Morgan fingerprint density at radius 2 is 1.68 bits per heavy atom. The number of hydrogen-bond acceptors (Lipinski definition) is 4. The van der Waals surface area contributed by atoms with Gasteiger partial charge in [-0.1, -0.05) is 36.4 Å². The molecule has 132 valence electrons. The van der Waals surface area contributed by atoms with E-state index in [1.54, 1.807) is 24.3 Å². The Kier molecular flexibility index (Phi) is 4.29. The monoisotopic (exact) mass is 371 g/mol. The molecule has 0 aromatic heterocycles. The highest BCUT2D eigenvalue weighted by atomic mass is 32.2. The van der Waals surface area contributed by atoms with E-state index in [2.05, 4.69) is 9.46 Å². The largest absolute Gasteiger partial charge is 0.573 e. The summed E-state index contributed by atoms with van der Waals surface area (Å²) in [6, 6.07) is 10.1. The number of sulfonamides is 1. The van der Waals surface area contributed by atoms with Crippen molar-refractivity contribution in [1.82, 2.24) is 4.72 Å². The summed E-state index contributed by atoms with van der Waals surface area (Å²) in [4.78, 5) is 11.3. The van der Waals surface area contributed by atoms with Crippen molar-refractivity contribution < 1.29 is 31.1 Å².